The van der Waals surface area contributed by atoms with Crippen LogP contribution < -0.4 is 0 Å². The van der Waals surface area contributed by atoms with Gasteiger partial charge >= 0.3 is 12.4 Å². The number of aliphatic hydroxyl groups is 1. The van der Waals surface area contributed by atoms with Crippen LogP contribution >= 0.6 is 11.8 Å². The van der Waals surface area contributed by atoms with Gasteiger partial charge in [0.2, 0.25) is 0 Å². The zero-order chi connectivity index (χ0) is 27.9. The summed E-state index contributed by atoms with van der Waals surface area (Å²) in [5, 5.41) is 14.8. The average molecular weight is 571 g/mol. The molecule has 7 nitrogen and oxygen atoms in total. The number of carbonyl (C=O) groups is 1. The van der Waals surface area contributed by atoms with Gasteiger partial charge in [0.25, 0.3) is 5.91 Å². The van der Waals surface area contributed by atoms with Gasteiger partial charge in [-0.25, -0.2) is 0 Å². The van der Waals surface area contributed by atoms with E-state index in [0.29, 0.717) is 52.4 Å². The van der Waals surface area contributed by atoms with Gasteiger partial charge in [-0.3, -0.25) is 9.48 Å². The van der Waals surface area contributed by atoms with E-state index in [0.717, 1.165) is 6.07 Å². The SMILES string of the molecule is O=C1N=C(N2CCOCC2CO)SC1=Cc1ccc2c(cnn2Cc2ccc(C(F)(F)F)cc2C(F)(F)F)c1. The maximum Gasteiger partial charge on any atom is 0.416 e. The number of benzene rings is 2. The van der Waals surface area contributed by atoms with E-state index in [2.05, 4.69) is 10.1 Å². The molecule has 1 amide bonds. The van der Waals surface area contributed by atoms with Crippen molar-refractivity contribution in [2.45, 2.75) is 24.9 Å². The minimum absolute atomic E-state index is 0.109. The minimum atomic E-state index is -4.98. The fourth-order valence-corrected chi connectivity index (χ4v) is 5.38. The quantitative estimate of drug-likeness (QED) is 0.359. The summed E-state index contributed by atoms with van der Waals surface area (Å²) in [4.78, 5) is 18.8. The van der Waals surface area contributed by atoms with Crippen molar-refractivity contribution in [3.8, 4) is 0 Å². The van der Waals surface area contributed by atoms with Gasteiger partial charge in [-0.05, 0) is 53.2 Å². The van der Waals surface area contributed by atoms with Crippen molar-refractivity contribution >= 4 is 39.8 Å². The number of aromatic nitrogens is 2. The van der Waals surface area contributed by atoms with Crippen LogP contribution in [0.2, 0.25) is 0 Å². The number of alkyl halides is 6. The molecular formula is C25H20F6N4O3S. The van der Waals surface area contributed by atoms with Crippen molar-refractivity contribution < 1.29 is 41.0 Å². The molecule has 39 heavy (non-hydrogen) atoms. The molecule has 1 aromatic heterocycles. The monoisotopic (exact) mass is 570 g/mol. The Balaban J connectivity index is 1.38. The Morgan fingerprint density at radius 1 is 1.10 bits per heavy atom. The molecule has 0 spiro atoms. The number of carbonyl (C=O) groups excluding carboxylic acids is 1. The van der Waals surface area contributed by atoms with Gasteiger partial charge in [0, 0.05) is 11.9 Å². The molecule has 1 saturated heterocycles. The third-order valence-corrected chi connectivity index (χ3v) is 7.34. The lowest BCUT2D eigenvalue weighted by atomic mass is 10.0. The Hall–Kier alpha value is -3.36. The first-order chi connectivity index (χ1) is 18.4. The summed E-state index contributed by atoms with van der Waals surface area (Å²) in [7, 11) is 0. The van der Waals surface area contributed by atoms with Crippen LogP contribution in [-0.2, 0) is 28.4 Å². The van der Waals surface area contributed by atoms with Gasteiger partial charge in [-0.15, -0.1) is 0 Å². The number of halogens is 6. The van der Waals surface area contributed by atoms with Crippen molar-refractivity contribution in [2.75, 3.05) is 26.4 Å². The van der Waals surface area contributed by atoms with E-state index in [9.17, 15) is 36.2 Å². The molecule has 0 aliphatic carbocycles. The molecule has 0 bridgehead atoms. The lowest BCUT2D eigenvalue weighted by Gasteiger charge is -2.35. The van der Waals surface area contributed by atoms with Gasteiger partial charge in [-0.1, -0.05) is 12.1 Å². The Morgan fingerprint density at radius 2 is 1.90 bits per heavy atom. The van der Waals surface area contributed by atoms with Crippen molar-refractivity contribution in [1.82, 2.24) is 14.7 Å². The number of fused-ring (bicyclic) bond motifs is 1. The van der Waals surface area contributed by atoms with Crippen molar-refractivity contribution in [3.05, 3.63) is 69.8 Å². The van der Waals surface area contributed by atoms with Crippen LogP contribution in [0, 0.1) is 0 Å². The molecule has 5 rings (SSSR count). The molecule has 1 atom stereocenters. The number of hydrogen-bond acceptors (Lipinski definition) is 6. The number of hydrogen-bond donors (Lipinski definition) is 1. The number of ether oxygens (including phenoxy) is 1. The number of amidine groups is 1. The second-order valence-corrected chi connectivity index (χ2v) is 9.91. The molecule has 2 aliphatic rings. The predicted octanol–water partition coefficient (Wildman–Crippen LogP) is 4.79. The number of nitrogens with zero attached hydrogens (tertiary/aromatic N) is 4. The Kier molecular flexibility index (Phi) is 7.20. The highest BCUT2D eigenvalue weighted by Gasteiger charge is 2.38. The fraction of sp³-hybridized carbons (Fsp3) is 0.320. The smallest absolute Gasteiger partial charge is 0.394 e. The number of aliphatic imine (C=N–C) groups is 1. The molecule has 1 unspecified atom stereocenters. The summed E-state index contributed by atoms with van der Waals surface area (Å²) >= 11 is 1.17. The van der Waals surface area contributed by atoms with E-state index < -0.39 is 35.9 Å². The first-order valence-electron chi connectivity index (χ1n) is 11.6. The van der Waals surface area contributed by atoms with E-state index in [1.54, 1.807) is 24.3 Å². The minimum Gasteiger partial charge on any atom is -0.394 e. The highest BCUT2D eigenvalue weighted by Crippen LogP contribution is 2.38. The molecule has 14 heteroatoms. The van der Waals surface area contributed by atoms with Crippen molar-refractivity contribution in [3.63, 3.8) is 0 Å². The molecule has 0 radical (unpaired) electrons. The van der Waals surface area contributed by atoms with E-state index >= 15 is 0 Å². The number of rotatable bonds is 4. The summed E-state index contributed by atoms with van der Waals surface area (Å²) in [5.74, 6) is -0.434. The molecule has 2 aliphatic heterocycles. The first kappa shape index (κ1) is 27.2. The second-order valence-electron chi connectivity index (χ2n) is 8.90. The van der Waals surface area contributed by atoms with E-state index in [4.69, 9.17) is 4.74 Å². The van der Waals surface area contributed by atoms with Crippen LogP contribution in [0.1, 0.15) is 22.3 Å². The molecule has 1 N–H and O–H groups in total. The zero-order valence-corrected chi connectivity index (χ0v) is 20.8. The molecule has 1 fully saturated rings. The van der Waals surface area contributed by atoms with Crippen LogP contribution in [0.15, 0.2) is 52.5 Å². The number of morpholine rings is 1. The van der Waals surface area contributed by atoms with Crippen LogP contribution in [0.25, 0.3) is 17.0 Å². The zero-order valence-electron chi connectivity index (χ0n) is 20.0. The van der Waals surface area contributed by atoms with Gasteiger partial charge in [0.05, 0.1) is 60.2 Å². The molecular weight excluding hydrogens is 550 g/mol. The summed E-state index contributed by atoms with van der Waals surface area (Å²) in [6.45, 7) is 0.706. The third-order valence-electron chi connectivity index (χ3n) is 6.32. The fourth-order valence-electron chi connectivity index (χ4n) is 4.37. The predicted molar refractivity (Wildman–Crippen MR) is 132 cm³/mol. The average Bonchev–Trinajstić information content (AvgIpc) is 3.45. The van der Waals surface area contributed by atoms with Gasteiger partial charge in [0.1, 0.15) is 0 Å². The third kappa shape index (κ3) is 5.68. The molecule has 3 heterocycles. The maximum absolute atomic E-state index is 13.6. The van der Waals surface area contributed by atoms with Crippen LogP contribution in [0.3, 0.4) is 0 Å². The number of amides is 1. The largest absolute Gasteiger partial charge is 0.416 e. The summed E-state index contributed by atoms with van der Waals surface area (Å²) < 4.78 is 86.3. The van der Waals surface area contributed by atoms with E-state index in [-0.39, 0.29) is 24.3 Å². The van der Waals surface area contributed by atoms with Crippen molar-refractivity contribution in [1.29, 1.82) is 0 Å². The maximum atomic E-state index is 13.6. The number of aliphatic hydroxyl groups excluding tert-OH is 1. The second kappa shape index (κ2) is 10.3. The Bertz CT molecular complexity index is 1480. The summed E-state index contributed by atoms with van der Waals surface area (Å²) in [5.41, 5.74) is -2.02. The normalized spacial score (nSPS) is 19.8. The van der Waals surface area contributed by atoms with Crippen LogP contribution in [0.4, 0.5) is 26.3 Å². The molecule has 206 valence electrons. The molecule has 2 aromatic carbocycles. The van der Waals surface area contributed by atoms with Gasteiger partial charge in [0.15, 0.2) is 5.17 Å². The Labute approximate surface area is 221 Å². The highest BCUT2D eigenvalue weighted by molar-refractivity contribution is 8.18. The summed E-state index contributed by atoms with van der Waals surface area (Å²) in [6, 6.07) is 6.20. The molecule has 3 aromatic rings. The van der Waals surface area contributed by atoms with Gasteiger partial charge < -0.3 is 14.7 Å². The topological polar surface area (TPSA) is 80.0 Å². The van der Waals surface area contributed by atoms with Crippen molar-refractivity contribution in [2.24, 2.45) is 4.99 Å². The standard InChI is InChI=1S/C25H20F6N4O3S/c26-24(27,28)17-3-2-15(19(9-17)25(29,30)31)11-35-20-4-1-14(7-16(20)10-32-35)8-21-22(37)33-23(39-21)34-5-6-38-13-18(34)12-36/h1-4,7-10,18,36H,5-6,11-13H2. The Morgan fingerprint density at radius 3 is 2.62 bits per heavy atom. The summed E-state index contributed by atoms with van der Waals surface area (Å²) in [6.07, 6.45) is -6.83. The lowest BCUT2D eigenvalue weighted by molar-refractivity contribution is -0.143. The first-order valence-corrected chi connectivity index (χ1v) is 12.5. The van der Waals surface area contributed by atoms with Crippen LogP contribution in [-0.4, -0.2) is 63.3 Å². The van der Waals surface area contributed by atoms with E-state index in [1.165, 1.54) is 22.6 Å². The molecule has 0 saturated carbocycles. The number of thioether (sulfide) groups is 1. The van der Waals surface area contributed by atoms with E-state index in [1.807, 2.05) is 4.90 Å². The van der Waals surface area contributed by atoms with Gasteiger partial charge in [-0.2, -0.15) is 36.4 Å². The lowest BCUT2D eigenvalue weighted by Crippen LogP contribution is -2.49. The van der Waals surface area contributed by atoms with Crippen LogP contribution in [0.5, 0.6) is 0 Å². The highest BCUT2D eigenvalue weighted by atomic mass is 32.2.